The minimum atomic E-state index is -0.909. The van der Waals surface area contributed by atoms with Gasteiger partial charge in [-0.3, -0.25) is 9.59 Å². The van der Waals surface area contributed by atoms with Crippen LogP contribution in [0, 0.1) is 12.8 Å². The minimum Gasteiger partial charge on any atom is -0.481 e. The number of ether oxygens (including phenoxy) is 1. The van der Waals surface area contributed by atoms with Crippen molar-refractivity contribution in [3.05, 3.63) is 29.8 Å². The van der Waals surface area contributed by atoms with E-state index in [0.29, 0.717) is 13.0 Å². The third-order valence-electron chi connectivity index (χ3n) is 3.76. The maximum atomic E-state index is 12.7. The number of anilines is 1. The SMILES string of the molecule is Cc1ccccc1N(CC(C)C(=O)O)C(=O)C1CCCO1. The van der Waals surface area contributed by atoms with Crippen LogP contribution < -0.4 is 4.90 Å². The Balaban J connectivity index is 2.27. The molecule has 21 heavy (non-hydrogen) atoms. The van der Waals surface area contributed by atoms with Gasteiger partial charge in [0, 0.05) is 18.8 Å². The molecule has 1 N–H and O–H groups in total. The van der Waals surface area contributed by atoms with E-state index in [9.17, 15) is 9.59 Å². The fourth-order valence-electron chi connectivity index (χ4n) is 2.47. The van der Waals surface area contributed by atoms with Crippen LogP contribution in [0.15, 0.2) is 24.3 Å². The molecule has 1 aromatic rings. The lowest BCUT2D eigenvalue weighted by atomic mass is 10.1. The van der Waals surface area contributed by atoms with E-state index in [0.717, 1.165) is 17.7 Å². The Morgan fingerprint density at radius 3 is 2.71 bits per heavy atom. The number of para-hydroxylation sites is 1. The Labute approximate surface area is 124 Å². The molecule has 0 bridgehead atoms. The van der Waals surface area contributed by atoms with Crippen LogP contribution >= 0.6 is 0 Å². The molecule has 1 aliphatic heterocycles. The van der Waals surface area contributed by atoms with Crippen molar-refractivity contribution in [1.82, 2.24) is 0 Å². The Hall–Kier alpha value is -1.88. The molecule has 1 saturated heterocycles. The van der Waals surface area contributed by atoms with Crippen molar-refractivity contribution in [2.24, 2.45) is 5.92 Å². The fraction of sp³-hybridized carbons (Fsp3) is 0.500. The minimum absolute atomic E-state index is 0.144. The number of nitrogens with zero attached hydrogens (tertiary/aromatic N) is 1. The van der Waals surface area contributed by atoms with Gasteiger partial charge in [-0.25, -0.2) is 0 Å². The van der Waals surface area contributed by atoms with E-state index < -0.39 is 18.0 Å². The molecule has 5 nitrogen and oxygen atoms in total. The van der Waals surface area contributed by atoms with E-state index in [-0.39, 0.29) is 12.5 Å². The fourth-order valence-corrected chi connectivity index (χ4v) is 2.47. The lowest BCUT2D eigenvalue weighted by Gasteiger charge is -2.28. The van der Waals surface area contributed by atoms with Gasteiger partial charge in [-0.2, -0.15) is 0 Å². The number of carboxylic acids is 1. The van der Waals surface area contributed by atoms with Crippen LogP contribution in [0.4, 0.5) is 5.69 Å². The Bertz CT molecular complexity index is 523. The van der Waals surface area contributed by atoms with Gasteiger partial charge in [0.05, 0.1) is 5.92 Å². The molecule has 1 amide bonds. The van der Waals surface area contributed by atoms with Crippen LogP contribution in [0.25, 0.3) is 0 Å². The summed E-state index contributed by atoms with van der Waals surface area (Å²) in [5, 5.41) is 9.12. The van der Waals surface area contributed by atoms with Gasteiger partial charge in [0.1, 0.15) is 6.10 Å². The molecule has 0 radical (unpaired) electrons. The first-order chi connectivity index (χ1) is 10.0. The zero-order valence-corrected chi connectivity index (χ0v) is 12.4. The number of hydrogen-bond donors (Lipinski definition) is 1. The summed E-state index contributed by atoms with van der Waals surface area (Å²) >= 11 is 0. The molecule has 2 rings (SSSR count). The summed E-state index contributed by atoms with van der Waals surface area (Å²) in [7, 11) is 0. The first-order valence-electron chi connectivity index (χ1n) is 7.22. The molecule has 1 aliphatic rings. The zero-order valence-electron chi connectivity index (χ0n) is 12.4. The molecule has 1 aromatic carbocycles. The summed E-state index contributed by atoms with van der Waals surface area (Å²) in [5.41, 5.74) is 1.70. The maximum absolute atomic E-state index is 12.7. The van der Waals surface area contributed by atoms with E-state index in [2.05, 4.69) is 0 Å². The number of carbonyl (C=O) groups excluding carboxylic acids is 1. The van der Waals surface area contributed by atoms with Crippen LogP contribution in [-0.2, 0) is 14.3 Å². The predicted octanol–water partition coefficient (Wildman–Crippen LogP) is 2.23. The second-order valence-electron chi connectivity index (χ2n) is 5.48. The van der Waals surface area contributed by atoms with Crippen LogP contribution in [0.3, 0.4) is 0 Å². The summed E-state index contributed by atoms with van der Waals surface area (Å²) in [5.74, 6) is -1.68. The highest BCUT2D eigenvalue weighted by Crippen LogP contribution is 2.24. The molecule has 2 atom stereocenters. The van der Waals surface area contributed by atoms with Crippen LogP contribution in [0.1, 0.15) is 25.3 Å². The van der Waals surface area contributed by atoms with Crippen molar-refractivity contribution < 1.29 is 19.4 Å². The second kappa shape index (κ2) is 6.72. The van der Waals surface area contributed by atoms with Crippen molar-refractivity contribution in [1.29, 1.82) is 0 Å². The molecule has 1 fully saturated rings. The molecular weight excluding hydrogens is 270 g/mol. The van der Waals surface area contributed by atoms with Crippen molar-refractivity contribution >= 4 is 17.6 Å². The molecule has 0 aromatic heterocycles. The molecule has 0 aliphatic carbocycles. The van der Waals surface area contributed by atoms with Gasteiger partial charge in [0.25, 0.3) is 5.91 Å². The summed E-state index contributed by atoms with van der Waals surface area (Å²) in [6, 6.07) is 7.51. The quantitative estimate of drug-likeness (QED) is 0.903. The average Bonchev–Trinajstić information content (AvgIpc) is 2.98. The number of rotatable bonds is 5. The molecule has 0 saturated carbocycles. The molecule has 2 unspecified atom stereocenters. The normalized spacial score (nSPS) is 19.2. The number of benzene rings is 1. The topological polar surface area (TPSA) is 66.8 Å². The lowest BCUT2D eigenvalue weighted by Crippen LogP contribution is -2.43. The number of amides is 1. The van der Waals surface area contributed by atoms with E-state index in [1.165, 1.54) is 0 Å². The standard InChI is InChI=1S/C16H21NO4/c1-11-6-3-4-7-13(11)17(10-12(2)16(19)20)15(18)14-8-5-9-21-14/h3-4,6-7,12,14H,5,8-10H2,1-2H3,(H,19,20). The van der Waals surface area contributed by atoms with E-state index in [1.807, 2.05) is 31.2 Å². The highest BCUT2D eigenvalue weighted by Gasteiger charge is 2.31. The summed E-state index contributed by atoms with van der Waals surface area (Å²) in [6.07, 6.45) is 1.11. The van der Waals surface area contributed by atoms with Gasteiger partial charge in [0.2, 0.25) is 0 Å². The number of hydrogen-bond acceptors (Lipinski definition) is 3. The summed E-state index contributed by atoms with van der Waals surface area (Å²) < 4.78 is 5.46. The monoisotopic (exact) mass is 291 g/mol. The zero-order chi connectivity index (χ0) is 15.4. The smallest absolute Gasteiger partial charge is 0.308 e. The van der Waals surface area contributed by atoms with Crippen molar-refractivity contribution in [3.8, 4) is 0 Å². The first-order valence-corrected chi connectivity index (χ1v) is 7.22. The van der Waals surface area contributed by atoms with Gasteiger partial charge in [-0.15, -0.1) is 0 Å². The van der Waals surface area contributed by atoms with Crippen molar-refractivity contribution in [3.63, 3.8) is 0 Å². The molecule has 1 heterocycles. The second-order valence-corrected chi connectivity index (χ2v) is 5.48. The Morgan fingerprint density at radius 2 is 2.14 bits per heavy atom. The van der Waals surface area contributed by atoms with Gasteiger partial charge in [-0.1, -0.05) is 25.1 Å². The number of carbonyl (C=O) groups is 2. The number of aliphatic carboxylic acids is 1. The molecular formula is C16H21NO4. The molecule has 0 spiro atoms. The van der Waals surface area contributed by atoms with Crippen LogP contribution in [0.2, 0.25) is 0 Å². The van der Waals surface area contributed by atoms with Gasteiger partial charge in [-0.05, 0) is 31.4 Å². The van der Waals surface area contributed by atoms with E-state index in [1.54, 1.807) is 11.8 Å². The molecule has 114 valence electrons. The van der Waals surface area contributed by atoms with E-state index >= 15 is 0 Å². The summed E-state index contributed by atoms with van der Waals surface area (Å²) in [4.78, 5) is 25.3. The Kier molecular flexibility index (Phi) is 4.96. The highest BCUT2D eigenvalue weighted by atomic mass is 16.5. The third-order valence-corrected chi connectivity index (χ3v) is 3.76. The molecule has 5 heteroatoms. The van der Waals surface area contributed by atoms with E-state index in [4.69, 9.17) is 9.84 Å². The lowest BCUT2D eigenvalue weighted by molar-refractivity contribution is -0.140. The predicted molar refractivity (Wildman–Crippen MR) is 79.3 cm³/mol. The van der Waals surface area contributed by atoms with Gasteiger partial charge >= 0.3 is 5.97 Å². The highest BCUT2D eigenvalue weighted by molar-refractivity contribution is 5.97. The van der Waals surface area contributed by atoms with Gasteiger partial charge < -0.3 is 14.7 Å². The number of aryl methyl sites for hydroxylation is 1. The average molecular weight is 291 g/mol. The summed E-state index contributed by atoms with van der Waals surface area (Å²) in [6.45, 7) is 4.26. The first kappa shape index (κ1) is 15.5. The van der Waals surface area contributed by atoms with Gasteiger partial charge in [0.15, 0.2) is 0 Å². The van der Waals surface area contributed by atoms with Crippen LogP contribution in [-0.4, -0.2) is 36.2 Å². The number of carboxylic acid groups (broad SMARTS) is 1. The third kappa shape index (κ3) is 3.61. The Morgan fingerprint density at radius 1 is 1.43 bits per heavy atom. The van der Waals surface area contributed by atoms with Crippen molar-refractivity contribution in [2.45, 2.75) is 32.8 Å². The maximum Gasteiger partial charge on any atom is 0.308 e. The largest absolute Gasteiger partial charge is 0.481 e. The van der Waals surface area contributed by atoms with Crippen molar-refractivity contribution in [2.75, 3.05) is 18.1 Å². The van der Waals surface area contributed by atoms with Crippen LogP contribution in [0.5, 0.6) is 0 Å².